The lowest BCUT2D eigenvalue weighted by Gasteiger charge is -2.06. The average Bonchev–Trinajstić information content (AvgIpc) is 2.06. The smallest absolute Gasteiger partial charge is 0.251 e. The number of alkyl halides is 2. The minimum absolute atomic E-state index is 0.486. The van der Waals surface area contributed by atoms with Gasteiger partial charge >= 0.3 is 0 Å². The maximum absolute atomic E-state index is 13.2. The fourth-order valence-electron chi connectivity index (χ4n) is 0.813. The van der Waals surface area contributed by atoms with Gasteiger partial charge in [-0.3, -0.25) is 4.98 Å². The standard InChI is InChI=1S/C6H4F3IN2O2S/c7-3-4(10)2(15(11,13)14)1-12-5(3)6(8)9/h1,6H,(H2,11,13,14). The van der Waals surface area contributed by atoms with Crippen molar-refractivity contribution in [1.29, 1.82) is 0 Å². The van der Waals surface area contributed by atoms with Crippen molar-refractivity contribution in [3.63, 3.8) is 0 Å². The highest BCUT2D eigenvalue weighted by Crippen LogP contribution is 2.26. The Morgan fingerprint density at radius 2 is 2.00 bits per heavy atom. The predicted octanol–water partition coefficient (Wildman–Crippen LogP) is 1.41. The molecule has 0 radical (unpaired) electrons. The first-order chi connectivity index (χ1) is 6.75. The van der Waals surface area contributed by atoms with Crippen LogP contribution in [-0.2, 0) is 10.0 Å². The van der Waals surface area contributed by atoms with E-state index in [1.54, 1.807) is 0 Å². The normalized spacial score (nSPS) is 12.1. The maximum Gasteiger partial charge on any atom is 0.283 e. The lowest BCUT2D eigenvalue weighted by Crippen LogP contribution is -2.16. The van der Waals surface area contributed by atoms with E-state index in [-0.39, 0.29) is 0 Å². The molecule has 0 unspecified atom stereocenters. The van der Waals surface area contributed by atoms with Crippen LogP contribution in [0.15, 0.2) is 11.1 Å². The zero-order valence-electron chi connectivity index (χ0n) is 6.92. The molecular weight excluding hydrogens is 348 g/mol. The number of primary sulfonamides is 1. The van der Waals surface area contributed by atoms with E-state index >= 15 is 0 Å². The highest BCUT2D eigenvalue weighted by Gasteiger charge is 2.23. The molecule has 0 bridgehead atoms. The summed E-state index contributed by atoms with van der Waals surface area (Å²) in [6, 6.07) is 0. The van der Waals surface area contributed by atoms with Gasteiger partial charge in [0.05, 0.1) is 3.57 Å². The molecule has 0 aliphatic heterocycles. The Kier molecular flexibility index (Phi) is 3.55. The molecule has 2 N–H and O–H groups in total. The molecule has 0 saturated heterocycles. The van der Waals surface area contributed by atoms with Crippen molar-refractivity contribution in [3.8, 4) is 0 Å². The molecule has 1 heterocycles. The molecule has 4 nitrogen and oxygen atoms in total. The number of hydrogen-bond acceptors (Lipinski definition) is 3. The summed E-state index contributed by atoms with van der Waals surface area (Å²) < 4.78 is 58.7. The average molecular weight is 352 g/mol. The van der Waals surface area contributed by atoms with Crippen molar-refractivity contribution >= 4 is 32.6 Å². The van der Waals surface area contributed by atoms with Crippen molar-refractivity contribution in [3.05, 3.63) is 21.3 Å². The van der Waals surface area contributed by atoms with Crippen molar-refractivity contribution in [2.24, 2.45) is 5.14 Å². The minimum atomic E-state index is -4.15. The first-order valence-corrected chi connectivity index (χ1v) is 6.02. The second-order valence-corrected chi connectivity index (χ2v) is 5.09. The molecule has 0 spiro atoms. The third-order valence-electron chi connectivity index (χ3n) is 1.47. The highest BCUT2D eigenvalue weighted by molar-refractivity contribution is 14.1. The van der Waals surface area contributed by atoms with Crippen LogP contribution < -0.4 is 5.14 Å². The Morgan fingerprint density at radius 3 is 2.40 bits per heavy atom. The van der Waals surface area contributed by atoms with Crippen LogP contribution in [0.3, 0.4) is 0 Å². The lowest BCUT2D eigenvalue weighted by molar-refractivity contribution is 0.140. The fraction of sp³-hybridized carbons (Fsp3) is 0.167. The Balaban J connectivity index is 3.48. The number of nitrogens with two attached hydrogens (primary N) is 1. The number of aromatic nitrogens is 1. The van der Waals surface area contributed by atoms with Crippen LogP contribution in [0.5, 0.6) is 0 Å². The number of nitrogens with zero attached hydrogens (tertiary/aromatic N) is 1. The first-order valence-electron chi connectivity index (χ1n) is 3.40. The molecule has 15 heavy (non-hydrogen) atoms. The van der Waals surface area contributed by atoms with E-state index in [1.807, 2.05) is 0 Å². The second-order valence-electron chi connectivity index (χ2n) is 2.48. The van der Waals surface area contributed by atoms with Crippen LogP contribution in [0.25, 0.3) is 0 Å². The molecule has 0 fully saturated rings. The van der Waals surface area contributed by atoms with Gasteiger partial charge in [-0.2, -0.15) is 0 Å². The molecule has 0 aliphatic rings. The van der Waals surface area contributed by atoms with Crippen LogP contribution in [0, 0.1) is 9.39 Å². The SMILES string of the molecule is NS(=O)(=O)c1cnc(C(F)F)c(F)c1I. The van der Waals surface area contributed by atoms with E-state index in [0.29, 0.717) is 6.20 Å². The number of rotatable bonds is 2. The summed E-state index contributed by atoms with van der Waals surface area (Å²) in [6.45, 7) is 0. The molecule has 1 aromatic rings. The van der Waals surface area contributed by atoms with Crippen LogP contribution in [0.1, 0.15) is 12.1 Å². The second kappa shape index (κ2) is 4.22. The Morgan fingerprint density at radius 1 is 1.47 bits per heavy atom. The summed E-state index contributed by atoms with van der Waals surface area (Å²) in [7, 11) is -4.15. The fourth-order valence-corrected chi connectivity index (χ4v) is 2.69. The van der Waals surface area contributed by atoms with Crippen molar-refractivity contribution in [2.75, 3.05) is 0 Å². The number of sulfonamides is 1. The topological polar surface area (TPSA) is 73.1 Å². The van der Waals surface area contributed by atoms with Gasteiger partial charge in [-0.25, -0.2) is 26.7 Å². The van der Waals surface area contributed by atoms with Gasteiger partial charge in [0.25, 0.3) is 6.43 Å². The third-order valence-corrected chi connectivity index (χ3v) is 3.81. The summed E-state index contributed by atoms with van der Waals surface area (Å²) in [4.78, 5) is 2.41. The van der Waals surface area contributed by atoms with E-state index in [9.17, 15) is 21.6 Å². The summed E-state index contributed by atoms with van der Waals surface area (Å²) >= 11 is 1.28. The van der Waals surface area contributed by atoms with Gasteiger partial charge in [-0.15, -0.1) is 0 Å². The molecule has 1 aromatic heterocycles. The van der Waals surface area contributed by atoms with Gasteiger partial charge in [0.1, 0.15) is 10.6 Å². The monoisotopic (exact) mass is 352 g/mol. The molecule has 0 saturated carbocycles. The number of hydrogen-bond donors (Lipinski definition) is 1. The molecule has 0 aromatic carbocycles. The van der Waals surface area contributed by atoms with Crippen LogP contribution in [0.4, 0.5) is 13.2 Å². The molecule has 0 atom stereocenters. The van der Waals surface area contributed by atoms with Crippen molar-refractivity contribution in [1.82, 2.24) is 4.98 Å². The quantitative estimate of drug-likeness (QED) is 0.818. The summed E-state index contributed by atoms with van der Waals surface area (Å²) in [5.41, 5.74) is -1.09. The van der Waals surface area contributed by atoms with Gasteiger partial charge < -0.3 is 0 Å². The van der Waals surface area contributed by atoms with Crippen molar-refractivity contribution in [2.45, 2.75) is 11.3 Å². The van der Waals surface area contributed by atoms with Crippen LogP contribution >= 0.6 is 22.6 Å². The van der Waals surface area contributed by atoms with Gasteiger partial charge in [-0.05, 0) is 22.6 Å². The molecule has 9 heteroatoms. The summed E-state index contributed by atoms with van der Waals surface area (Å²) in [6.07, 6.45) is -2.49. The van der Waals surface area contributed by atoms with E-state index in [0.717, 1.165) is 0 Å². The summed E-state index contributed by atoms with van der Waals surface area (Å²) in [5, 5.41) is 4.73. The van der Waals surface area contributed by atoms with E-state index < -0.39 is 36.4 Å². The lowest BCUT2D eigenvalue weighted by atomic mass is 10.3. The zero-order chi connectivity index (χ0) is 11.8. The van der Waals surface area contributed by atoms with Gasteiger partial charge in [-0.1, -0.05) is 0 Å². The van der Waals surface area contributed by atoms with Gasteiger partial charge in [0.15, 0.2) is 5.82 Å². The van der Waals surface area contributed by atoms with E-state index in [4.69, 9.17) is 5.14 Å². The first kappa shape index (κ1) is 12.6. The van der Waals surface area contributed by atoms with E-state index in [1.165, 1.54) is 22.6 Å². The largest absolute Gasteiger partial charge is 0.283 e. The zero-order valence-corrected chi connectivity index (χ0v) is 9.89. The Labute approximate surface area is 96.9 Å². The maximum atomic E-state index is 13.2. The third kappa shape index (κ3) is 2.58. The predicted molar refractivity (Wildman–Crippen MR) is 53.2 cm³/mol. The Hall–Kier alpha value is -0.420. The molecule has 0 amide bonds. The van der Waals surface area contributed by atoms with Gasteiger partial charge in [0, 0.05) is 6.20 Å². The number of pyridine rings is 1. The van der Waals surface area contributed by atoms with Crippen molar-refractivity contribution < 1.29 is 21.6 Å². The highest BCUT2D eigenvalue weighted by atomic mass is 127. The van der Waals surface area contributed by atoms with Crippen LogP contribution in [-0.4, -0.2) is 13.4 Å². The molecular formula is C6H4F3IN2O2S. The summed E-state index contributed by atoms with van der Waals surface area (Å²) in [5.74, 6) is -1.36. The van der Waals surface area contributed by atoms with Crippen LogP contribution in [0.2, 0.25) is 0 Å². The minimum Gasteiger partial charge on any atom is -0.251 e. The number of halogens is 4. The molecule has 1 rings (SSSR count). The molecule has 0 aliphatic carbocycles. The van der Waals surface area contributed by atoms with Gasteiger partial charge in [0.2, 0.25) is 10.0 Å². The molecule has 84 valence electrons. The van der Waals surface area contributed by atoms with E-state index in [2.05, 4.69) is 4.98 Å². The Bertz CT molecular complexity index is 491.